The van der Waals surface area contributed by atoms with Crippen LogP contribution in [0.3, 0.4) is 0 Å². The topological polar surface area (TPSA) is 41.6 Å². The van der Waals surface area contributed by atoms with E-state index in [0.717, 1.165) is 45.4 Å². The third-order valence-electron chi connectivity index (χ3n) is 6.42. The number of hydrogen-bond acceptors (Lipinski definition) is 3. The molecule has 0 aliphatic carbocycles. The summed E-state index contributed by atoms with van der Waals surface area (Å²) in [6.45, 7) is 2.51. The third kappa shape index (κ3) is 5.69. The van der Waals surface area contributed by atoms with Crippen LogP contribution >= 0.6 is 12.4 Å². The molecule has 0 aromatic heterocycles. The van der Waals surface area contributed by atoms with Crippen molar-refractivity contribution in [3.05, 3.63) is 35.9 Å². The van der Waals surface area contributed by atoms with Crippen LogP contribution in [-0.2, 0) is 16.0 Å². The molecular formula is C22H33ClN2O2. The molecule has 1 amide bonds. The maximum absolute atomic E-state index is 12.7. The van der Waals surface area contributed by atoms with Crippen LogP contribution in [-0.4, -0.2) is 48.7 Å². The fraction of sp³-hybridized carbons (Fsp3) is 0.682. The molecular weight excluding hydrogens is 360 g/mol. The molecule has 3 heterocycles. The summed E-state index contributed by atoms with van der Waals surface area (Å²) in [6, 6.07) is 11.9. The molecule has 1 aromatic carbocycles. The smallest absolute Gasteiger partial charge is 0.222 e. The number of rotatable bonds is 6. The molecule has 5 heteroatoms. The molecule has 2 atom stereocenters. The van der Waals surface area contributed by atoms with Gasteiger partial charge in [0.05, 0.1) is 12.7 Å². The van der Waals surface area contributed by atoms with Crippen molar-refractivity contribution in [2.75, 3.05) is 19.7 Å². The highest BCUT2D eigenvalue weighted by Crippen LogP contribution is 2.33. The van der Waals surface area contributed by atoms with Crippen LogP contribution in [0, 0.1) is 5.92 Å². The van der Waals surface area contributed by atoms with Crippen LogP contribution < -0.4 is 5.32 Å². The lowest BCUT2D eigenvalue weighted by atomic mass is 9.89. The predicted octanol–water partition coefficient (Wildman–Crippen LogP) is 3.58. The van der Waals surface area contributed by atoms with Gasteiger partial charge in [0.1, 0.15) is 0 Å². The van der Waals surface area contributed by atoms with Crippen molar-refractivity contribution < 1.29 is 9.53 Å². The second-order valence-electron chi connectivity index (χ2n) is 8.37. The van der Waals surface area contributed by atoms with Crippen molar-refractivity contribution in [3.63, 3.8) is 0 Å². The fourth-order valence-electron chi connectivity index (χ4n) is 4.98. The average molecular weight is 393 g/mol. The second-order valence-corrected chi connectivity index (χ2v) is 8.37. The van der Waals surface area contributed by atoms with E-state index in [1.807, 2.05) is 6.07 Å². The van der Waals surface area contributed by atoms with Gasteiger partial charge in [0.15, 0.2) is 0 Å². The SMILES string of the molecule is Cl.O=C(CC1CC2CCC(C1)N2)N1CCC(OCCc2ccccc2)CC1. The molecule has 0 spiro atoms. The van der Waals surface area contributed by atoms with Crippen molar-refractivity contribution in [2.24, 2.45) is 5.92 Å². The number of benzene rings is 1. The third-order valence-corrected chi connectivity index (χ3v) is 6.42. The van der Waals surface area contributed by atoms with Gasteiger partial charge in [0.25, 0.3) is 0 Å². The van der Waals surface area contributed by atoms with E-state index in [2.05, 4.69) is 34.5 Å². The number of ether oxygens (including phenoxy) is 1. The second kappa shape index (κ2) is 9.90. The largest absolute Gasteiger partial charge is 0.378 e. The van der Waals surface area contributed by atoms with Crippen LogP contribution in [0.2, 0.25) is 0 Å². The maximum Gasteiger partial charge on any atom is 0.222 e. The number of fused-ring (bicyclic) bond motifs is 2. The Hall–Kier alpha value is -1.10. The van der Waals surface area contributed by atoms with E-state index >= 15 is 0 Å². The van der Waals surface area contributed by atoms with Gasteiger partial charge in [0, 0.05) is 31.6 Å². The normalized spacial score (nSPS) is 28.0. The zero-order valence-electron chi connectivity index (χ0n) is 16.1. The first kappa shape index (κ1) is 20.6. The van der Waals surface area contributed by atoms with E-state index in [0.29, 0.717) is 30.0 Å². The Morgan fingerprint density at radius 1 is 1.04 bits per heavy atom. The van der Waals surface area contributed by atoms with Gasteiger partial charge in [-0.05, 0) is 56.4 Å². The fourth-order valence-corrected chi connectivity index (χ4v) is 4.98. The van der Waals surface area contributed by atoms with Crippen LogP contribution in [0.5, 0.6) is 0 Å². The summed E-state index contributed by atoms with van der Waals surface area (Å²) >= 11 is 0. The Morgan fingerprint density at radius 2 is 1.70 bits per heavy atom. The Bertz CT molecular complexity index is 577. The van der Waals surface area contributed by atoms with Gasteiger partial charge in [-0.2, -0.15) is 0 Å². The summed E-state index contributed by atoms with van der Waals surface area (Å²) in [6.07, 6.45) is 9.02. The Balaban J connectivity index is 0.00000210. The van der Waals surface area contributed by atoms with Crippen molar-refractivity contribution in [2.45, 2.75) is 69.6 Å². The van der Waals surface area contributed by atoms with E-state index < -0.39 is 0 Å². The van der Waals surface area contributed by atoms with Gasteiger partial charge in [-0.3, -0.25) is 4.79 Å². The number of halogens is 1. The zero-order valence-corrected chi connectivity index (χ0v) is 17.0. The van der Waals surface area contributed by atoms with Crippen molar-refractivity contribution in [1.82, 2.24) is 10.2 Å². The molecule has 2 unspecified atom stereocenters. The summed E-state index contributed by atoms with van der Waals surface area (Å²) < 4.78 is 6.06. The molecule has 1 aromatic rings. The lowest BCUT2D eigenvalue weighted by Crippen LogP contribution is -2.43. The Labute approximate surface area is 169 Å². The number of likely N-dealkylation sites (tertiary alicyclic amines) is 1. The summed E-state index contributed by atoms with van der Waals surface area (Å²) in [7, 11) is 0. The highest BCUT2D eigenvalue weighted by molar-refractivity contribution is 5.85. The quantitative estimate of drug-likeness (QED) is 0.804. The first-order chi connectivity index (χ1) is 12.8. The van der Waals surface area contributed by atoms with Crippen molar-refractivity contribution in [3.8, 4) is 0 Å². The molecule has 3 aliphatic heterocycles. The molecule has 3 aliphatic rings. The van der Waals surface area contributed by atoms with Crippen LogP contribution in [0.1, 0.15) is 50.5 Å². The number of nitrogens with zero attached hydrogens (tertiary/aromatic N) is 1. The van der Waals surface area contributed by atoms with Crippen LogP contribution in [0.4, 0.5) is 0 Å². The van der Waals surface area contributed by atoms with Crippen molar-refractivity contribution in [1.29, 1.82) is 0 Å². The van der Waals surface area contributed by atoms with Gasteiger partial charge in [-0.15, -0.1) is 12.4 Å². The van der Waals surface area contributed by atoms with Gasteiger partial charge >= 0.3 is 0 Å². The average Bonchev–Trinajstić information content (AvgIpc) is 3.01. The minimum absolute atomic E-state index is 0. The van der Waals surface area contributed by atoms with E-state index in [9.17, 15) is 4.79 Å². The molecule has 3 saturated heterocycles. The van der Waals surface area contributed by atoms with E-state index in [4.69, 9.17) is 4.74 Å². The number of piperidine rings is 2. The molecule has 1 N–H and O–H groups in total. The number of amides is 1. The Kier molecular flexibility index (Phi) is 7.57. The highest BCUT2D eigenvalue weighted by Gasteiger charge is 2.35. The van der Waals surface area contributed by atoms with Crippen molar-refractivity contribution >= 4 is 18.3 Å². The van der Waals surface area contributed by atoms with Gasteiger partial charge in [-0.25, -0.2) is 0 Å². The molecule has 4 rings (SSSR count). The molecule has 3 fully saturated rings. The maximum atomic E-state index is 12.7. The lowest BCUT2D eigenvalue weighted by Gasteiger charge is -2.34. The number of hydrogen-bond donors (Lipinski definition) is 1. The van der Waals surface area contributed by atoms with E-state index in [1.54, 1.807) is 0 Å². The number of nitrogens with one attached hydrogen (secondary N) is 1. The first-order valence-corrected chi connectivity index (χ1v) is 10.5. The van der Waals surface area contributed by atoms with Crippen LogP contribution in [0.15, 0.2) is 30.3 Å². The molecule has 0 radical (unpaired) electrons. The summed E-state index contributed by atoms with van der Waals surface area (Å²) in [5, 5.41) is 3.67. The minimum Gasteiger partial charge on any atom is -0.378 e. The summed E-state index contributed by atoms with van der Waals surface area (Å²) in [5.74, 6) is 0.972. The molecule has 150 valence electrons. The Morgan fingerprint density at radius 3 is 2.37 bits per heavy atom. The molecule has 27 heavy (non-hydrogen) atoms. The van der Waals surface area contributed by atoms with Gasteiger partial charge in [-0.1, -0.05) is 30.3 Å². The minimum atomic E-state index is 0. The summed E-state index contributed by atoms with van der Waals surface area (Å²) in [5.41, 5.74) is 1.33. The molecule has 2 bridgehead atoms. The lowest BCUT2D eigenvalue weighted by molar-refractivity contribution is -0.135. The zero-order chi connectivity index (χ0) is 17.8. The van der Waals surface area contributed by atoms with Gasteiger partial charge < -0.3 is 15.0 Å². The summed E-state index contributed by atoms with van der Waals surface area (Å²) in [4.78, 5) is 14.8. The molecule has 0 saturated carbocycles. The van der Waals surface area contributed by atoms with E-state index in [-0.39, 0.29) is 12.4 Å². The standard InChI is InChI=1S/C22H32N2O2.ClH/c25-22(16-18-14-19-6-7-20(15-18)23-19)24-11-8-21(9-12-24)26-13-10-17-4-2-1-3-5-17;/h1-5,18-21,23H,6-16H2;1H. The number of carbonyl (C=O) groups excluding carboxylic acids is 1. The van der Waals surface area contributed by atoms with Crippen LogP contribution in [0.25, 0.3) is 0 Å². The predicted molar refractivity (Wildman–Crippen MR) is 110 cm³/mol. The highest BCUT2D eigenvalue weighted by atomic mass is 35.5. The van der Waals surface area contributed by atoms with Gasteiger partial charge in [0.2, 0.25) is 5.91 Å². The first-order valence-electron chi connectivity index (χ1n) is 10.5. The molecule has 4 nitrogen and oxygen atoms in total. The van der Waals surface area contributed by atoms with E-state index in [1.165, 1.54) is 31.2 Å². The monoisotopic (exact) mass is 392 g/mol. The number of carbonyl (C=O) groups is 1.